The van der Waals surface area contributed by atoms with Crippen molar-refractivity contribution in [1.82, 2.24) is 0 Å². The summed E-state index contributed by atoms with van der Waals surface area (Å²) in [6.07, 6.45) is 7.77. The molecule has 0 aliphatic heterocycles. The van der Waals surface area contributed by atoms with Crippen molar-refractivity contribution in [3.05, 3.63) is 28.8 Å². The highest BCUT2D eigenvalue weighted by Crippen LogP contribution is 2.35. The lowest BCUT2D eigenvalue weighted by molar-refractivity contribution is 0.399. The van der Waals surface area contributed by atoms with Gasteiger partial charge in [0.15, 0.2) is 0 Å². The molecule has 0 spiro atoms. The Morgan fingerprint density at radius 1 is 0.947 bits per heavy atom. The van der Waals surface area contributed by atoms with Crippen molar-refractivity contribution in [1.29, 1.82) is 0 Å². The molecular formula is C18H30O. The molecular weight excluding hydrogens is 232 g/mol. The van der Waals surface area contributed by atoms with Gasteiger partial charge >= 0.3 is 0 Å². The lowest BCUT2D eigenvalue weighted by Crippen LogP contribution is -2.03. The Bertz CT molecular complexity index is 382. The molecule has 0 bridgehead atoms. The van der Waals surface area contributed by atoms with Gasteiger partial charge in [-0.1, -0.05) is 45.6 Å². The SMILES string of the molecule is CCCCCC(CCC)c1cc(C)c(C)cc1OC. The van der Waals surface area contributed by atoms with Gasteiger partial charge in [0.05, 0.1) is 7.11 Å². The van der Waals surface area contributed by atoms with E-state index in [1.807, 2.05) is 0 Å². The third-order valence-corrected chi connectivity index (χ3v) is 4.08. The Morgan fingerprint density at radius 3 is 2.21 bits per heavy atom. The van der Waals surface area contributed by atoms with Crippen LogP contribution in [0.2, 0.25) is 0 Å². The molecule has 108 valence electrons. The summed E-state index contributed by atoms with van der Waals surface area (Å²) in [5.74, 6) is 1.74. The minimum Gasteiger partial charge on any atom is -0.496 e. The number of benzene rings is 1. The van der Waals surface area contributed by atoms with Crippen molar-refractivity contribution in [3.8, 4) is 5.75 Å². The van der Waals surface area contributed by atoms with Crippen LogP contribution in [-0.4, -0.2) is 7.11 Å². The lowest BCUT2D eigenvalue weighted by Gasteiger charge is -2.21. The fraction of sp³-hybridized carbons (Fsp3) is 0.667. The number of methoxy groups -OCH3 is 1. The first-order valence-electron chi connectivity index (χ1n) is 7.79. The molecule has 0 N–H and O–H groups in total. The van der Waals surface area contributed by atoms with E-state index in [9.17, 15) is 0 Å². The summed E-state index contributed by atoms with van der Waals surface area (Å²) in [4.78, 5) is 0. The summed E-state index contributed by atoms with van der Waals surface area (Å²) in [6, 6.07) is 4.55. The molecule has 0 fully saturated rings. The smallest absolute Gasteiger partial charge is 0.122 e. The molecule has 1 nitrogen and oxygen atoms in total. The molecule has 1 rings (SSSR count). The zero-order chi connectivity index (χ0) is 14.3. The molecule has 0 saturated heterocycles. The van der Waals surface area contributed by atoms with Crippen molar-refractivity contribution in [3.63, 3.8) is 0 Å². The van der Waals surface area contributed by atoms with E-state index in [0.29, 0.717) is 5.92 Å². The maximum Gasteiger partial charge on any atom is 0.122 e. The van der Waals surface area contributed by atoms with E-state index in [2.05, 4.69) is 39.8 Å². The van der Waals surface area contributed by atoms with Gasteiger partial charge in [0.1, 0.15) is 5.75 Å². The van der Waals surface area contributed by atoms with E-state index >= 15 is 0 Å². The van der Waals surface area contributed by atoms with Crippen molar-refractivity contribution in [2.45, 2.75) is 72.1 Å². The molecule has 19 heavy (non-hydrogen) atoms. The predicted octanol–water partition coefficient (Wildman–Crippen LogP) is 5.78. The second kappa shape index (κ2) is 8.24. The highest BCUT2D eigenvalue weighted by atomic mass is 16.5. The topological polar surface area (TPSA) is 9.23 Å². The summed E-state index contributed by atoms with van der Waals surface area (Å²) in [6.45, 7) is 8.91. The third-order valence-electron chi connectivity index (χ3n) is 4.08. The van der Waals surface area contributed by atoms with Crippen LogP contribution >= 0.6 is 0 Å². The Morgan fingerprint density at radius 2 is 1.63 bits per heavy atom. The van der Waals surface area contributed by atoms with Crippen LogP contribution in [0.5, 0.6) is 5.75 Å². The van der Waals surface area contributed by atoms with Crippen molar-refractivity contribution < 1.29 is 4.74 Å². The van der Waals surface area contributed by atoms with E-state index in [-0.39, 0.29) is 0 Å². The number of unbranched alkanes of at least 4 members (excludes halogenated alkanes) is 2. The summed E-state index contributed by atoms with van der Waals surface area (Å²) in [5, 5.41) is 0. The first kappa shape index (κ1) is 16.1. The lowest BCUT2D eigenvalue weighted by atomic mass is 9.87. The quantitative estimate of drug-likeness (QED) is 0.540. The highest BCUT2D eigenvalue weighted by molar-refractivity contribution is 5.43. The van der Waals surface area contributed by atoms with Gasteiger partial charge in [-0.15, -0.1) is 0 Å². The average molecular weight is 262 g/mol. The molecule has 0 aliphatic rings. The first-order chi connectivity index (χ1) is 9.13. The van der Waals surface area contributed by atoms with Crippen LogP contribution in [-0.2, 0) is 0 Å². The Hall–Kier alpha value is -0.980. The van der Waals surface area contributed by atoms with Gasteiger partial charge in [0.25, 0.3) is 0 Å². The summed E-state index contributed by atoms with van der Waals surface area (Å²) < 4.78 is 5.61. The molecule has 1 atom stereocenters. The van der Waals surface area contributed by atoms with Gasteiger partial charge in [-0.05, 0) is 55.4 Å². The largest absolute Gasteiger partial charge is 0.496 e. The van der Waals surface area contributed by atoms with Gasteiger partial charge in [-0.2, -0.15) is 0 Å². The normalized spacial score (nSPS) is 12.5. The maximum atomic E-state index is 5.61. The molecule has 1 heteroatoms. The Balaban J connectivity index is 2.96. The van der Waals surface area contributed by atoms with Crippen LogP contribution in [0, 0.1) is 13.8 Å². The number of ether oxygens (including phenoxy) is 1. The summed E-state index contributed by atoms with van der Waals surface area (Å²) in [5.41, 5.74) is 4.13. The molecule has 1 aromatic rings. The third kappa shape index (κ3) is 4.56. The second-order valence-corrected chi connectivity index (χ2v) is 5.66. The minimum absolute atomic E-state index is 0.658. The molecule has 0 radical (unpaired) electrons. The molecule has 0 heterocycles. The molecule has 0 amide bonds. The molecule has 0 aromatic heterocycles. The fourth-order valence-corrected chi connectivity index (χ4v) is 2.75. The fourth-order valence-electron chi connectivity index (χ4n) is 2.75. The zero-order valence-electron chi connectivity index (χ0n) is 13.4. The van der Waals surface area contributed by atoms with Crippen LogP contribution in [0.15, 0.2) is 12.1 Å². The van der Waals surface area contributed by atoms with Gasteiger partial charge in [-0.3, -0.25) is 0 Å². The summed E-state index contributed by atoms with van der Waals surface area (Å²) >= 11 is 0. The van der Waals surface area contributed by atoms with E-state index in [0.717, 1.165) is 5.75 Å². The molecule has 1 aromatic carbocycles. The van der Waals surface area contributed by atoms with Crippen molar-refractivity contribution in [2.75, 3.05) is 7.11 Å². The van der Waals surface area contributed by atoms with E-state index in [1.54, 1.807) is 7.11 Å². The van der Waals surface area contributed by atoms with Crippen LogP contribution < -0.4 is 4.74 Å². The minimum atomic E-state index is 0.658. The van der Waals surface area contributed by atoms with Crippen LogP contribution in [0.4, 0.5) is 0 Å². The number of aryl methyl sites for hydroxylation is 2. The Kier molecular flexibility index (Phi) is 6.97. The molecule has 1 unspecified atom stereocenters. The average Bonchev–Trinajstić information content (AvgIpc) is 2.40. The van der Waals surface area contributed by atoms with Crippen LogP contribution in [0.3, 0.4) is 0 Å². The summed E-state index contributed by atoms with van der Waals surface area (Å²) in [7, 11) is 1.79. The monoisotopic (exact) mass is 262 g/mol. The standard InChI is InChI=1S/C18H30O/c1-6-8-9-11-16(10-7-2)17-12-14(3)15(4)13-18(17)19-5/h12-13,16H,6-11H2,1-5H3. The highest BCUT2D eigenvalue weighted by Gasteiger charge is 2.16. The van der Waals surface area contributed by atoms with Crippen molar-refractivity contribution in [2.24, 2.45) is 0 Å². The van der Waals surface area contributed by atoms with E-state index < -0.39 is 0 Å². The van der Waals surface area contributed by atoms with Gasteiger partial charge < -0.3 is 4.74 Å². The van der Waals surface area contributed by atoms with E-state index in [1.165, 1.54) is 55.2 Å². The van der Waals surface area contributed by atoms with Gasteiger partial charge in [0.2, 0.25) is 0 Å². The van der Waals surface area contributed by atoms with Gasteiger partial charge in [0, 0.05) is 0 Å². The van der Waals surface area contributed by atoms with E-state index in [4.69, 9.17) is 4.74 Å². The van der Waals surface area contributed by atoms with Crippen LogP contribution in [0.1, 0.15) is 75.0 Å². The van der Waals surface area contributed by atoms with Gasteiger partial charge in [-0.25, -0.2) is 0 Å². The first-order valence-corrected chi connectivity index (χ1v) is 7.79. The van der Waals surface area contributed by atoms with Crippen LogP contribution in [0.25, 0.3) is 0 Å². The maximum absolute atomic E-state index is 5.61. The zero-order valence-corrected chi connectivity index (χ0v) is 13.4. The second-order valence-electron chi connectivity index (χ2n) is 5.66. The molecule has 0 aliphatic carbocycles. The Labute approximate surface area is 119 Å². The van der Waals surface area contributed by atoms with Crippen molar-refractivity contribution >= 4 is 0 Å². The number of hydrogen-bond donors (Lipinski definition) is 0. The number of hydrogen-bond acceptors (Lipinski definition) is 1. The predicted molar refractivity (Wildman–Crippen MR) is 84.3 cm³/mol. The molecule has 0 saturated carbocycles. The number of rotatable bonds is 8.